The molecular formula is C7H16IO4P. The van der Waals surface area contributed by atoms with Crippen molar-refractivity contribution in [3.8, 4) is 0 Å². The Labute approximate surface area is 94.0 Å². The molecule has 0 aromatic carbocycles. The van der Waals surface area contributed by atoms with Gasteiger partial charge in [-0.1, -0.05) is 0 Å². The van der Waals surface area contributed by atoms with Gasteiger partial charge in [0.05, 0.1) is 46.1 Å². The van der Waals surface area contributed by atoms with Crippen LogP contribution in [0.15, 0.2) is 0 Å². The van der Waals surface area contributed by atoms with E-state index < -0.39 is 0 Å². The second-order valence-electron chi connectivity index (χ2n) is 2.14. The van der Waals surface area contributed by atoms with Crippen LogP contribution >= 0.6 is 28.5 Å². The van der Waals surface area contributed by atoms with Crippen molar-refractivity contribution in [3.05, 3.63) is 0 Å². The van der Waals surface area contributed by atoms with Gasteiger partial charge in [-0.3, -0.25) is 0 Å². The van der Waals surface area contributed by atoms with Crippen LogP contribution in [0.1, 0.15) is 0 Å². The second-order valence-corrected chi connectivity index (χ2v) is 3.91. The average Bonchev–Trinajstić information content (AvgIpc) is 2.16. The Bertz CT molecular complexity index is 86.6. The highest BCUT2D eigenvalue weighted by Gasteiger charge is 1.89. The van der Waals surface area contributed by atoms with Crippen molar-refractivity contribution in [2.75, 3.05) is 46.8 Å². The molecule has 0 radical (unpaired) electrons. The SMILES string of the molecule is COCCOCCOCCOPI. The van der Waals surface area contributed by atoms with Crippen molar-refractivity contribution in [1.82, 2.24) is 0 Å². The number of methoxy groups -OCH3 is 1. The van der Waals surface area contributed by atoms with Crippen LogP contribution in [-0.4, -0.2) is 46.8 Å². The quantitative estimate of drug-likeness (QED) is 0.348. The summed E-state index contributed by atoms with van der Waals surface area (Å²) >= 11 is 2.18. The van der Waals surface area contributed by atoms with E-state index in [9.17, 15) is 0 Å². The highest BCUT2D eigenvalue weighted by atomic mass is 127. The van der Waals surface area contributed by atoms with Crippen LogP contribution in [0.5, 0.6) is 0 Å². The molecule has 0 aliphatic carbocycles. The molecule has 0 fully saturated rings. The highest BCUT2D eigenvalue weighted by Crippen LogP contribution is 2.20. The first-order valence-electron chi connectivity index (χ1n) is 4.03. The normalized spacial score (nSPS) is 11.5. The minimum Gasteiger partial charge on any atom is -0.382 e. The molecular weight excluding hydrogens is 306 g/mol. The van der Waals surface area contributed by atoms with Crippen LogP contribution in [0.4, 0.5) is 0 Å². The Hall–Kier alpha value is 1.00. The Morgan fingerprint density at radius 3 is 2.00 bits per heavy atom. The standard InChI is InChI=1S/C7H16IO4P/c1-9-2-3-10-4-5-11-6-7-12-13-8/h13H,2-7H2,1H3. The van der Waals surface area contributed by atoms with E-state index in [-0.39, 0.29) is 0 Å². The second kappa shape index (κ2) is 13.0. The van der Waals surface area contributed by atoms with Gasteiger partial charge in [0.25, 0.3) is 0 Å². The fourth-order valence-electron chi connectivity index (χ4n) is 0.603. The van der Waals surface area contributed by atoms with E-state index in [1.54, 1.807) is 7.11 Å². The molecule has 0 aromatic heterocycles. The van der Waals surface area contributed by atoms with Gasteiger partial charge in [0, 0.05) is 7.11 Å². The molecule has 1 atom stereocenters. The van der Waals surface area contributed by atoms with Gasteiger partial charge in [-0.15, -0.1) is 0 Å². The fraction of sp³-hybridized carbons (Fsp3) is 1.00. The average molecular weight is 322 g/mol. The molecule has 0 heterocycles. The summed E-state index contributed by atoms with van der Waals surface area (Å²) in [5.41, 5.74) is 0. The summed E-state index contributed by atoms with van der Waals surface area (Å²) < 4.78 is 20.3. The molecule has 0 amide bonds. The molecule has 1 unspecified atom stereocenters. The van der Waals surface area contributed by atoms with Crippen molar-refractivity contribution in [1.29, 1.82) is 0 Å². The molecule has 6 heteroatoms. The third-order valence-electron chi connectivity index (χ3n) is 1.19. The van der Waals surface area contributed by atoms with Crippen molar-refractivity contribution in [3.63, 3.8) is 0 Å². The van der Waals surface area contributed by atoms with Crippen molar-refractivity contribution < 1.29 is 18.7 Å². The maximum atomic E-state index is 5.23. The molecule has 0 spiro atoms. The largest absolute Gasteiger partial charge is 0.382 e. The van der Waals surface area contributed by atoms with Crippen LogP contribution in [0.2, 0.25) is 0 Å². The van der Waals surface area contributed by atoms with Gasteiger partial charge in [-0.25, -0.2) is 0 Å². The minimum absolute atomic E-state index is 0.512. The van der Waals surface area contributed by atoms with E-state index in [1.165, 1.54) is 0 Å². The Kier molecular flexibility index (Phi) is 14.0. The van der Waals surface area contributed by atoms with E-state index in [1.807, 2.05) is 0 Å². The van der Waals surface area contributed by atoms with Gasteiger partial charge in [-0.2, -0.15) is 0 Å². The van der Waals surface area contributed by atoms with Gasteiger partial charge >= 0.3 is 0 Å². The maximum Gasteiger partial charge on any atom is 0.0794 e. The lowest BCUT2D eigenvalue weighted by Crippen LogP contribution is -2.10. The predicted molar refractivity (Wildman–Crippen MR) is 61.8 cm³/mol. The molecule has 0 N–H and O–H groups in total. The first-order chi connectivity index (χ1) is 6.41. The van der Waals surface area contributed by atoms with Gasteiger partial charge in [0.2, 0.25) is 0 Å². The molecule has 0 aliphatic heterocycles. The minimum atomic E-state index is 0.512. The summed E-state index contributed by atoms with van der Waals surface area (Å²) in [7, 11) is 1.65. The van der Waals surface area contributed by atoms with Crippen LogP contribution in [0, 0.1) is 0 Å². The number of ether oxygens (including phenoxy) is 3. The van der Waals surface area contributed by atoms with Gasteiger partial charge in [0.15, 0.2) is 0 Å². The van der Waals surface area contributed by atoms with Gasteiger partial charge in [-0.05, 0) is 22.0 Å². The summed E-state index contributed by atoms with van der Waals surface area (Å²) in [6.07, 6.45) is 0. The molecule has 4 nitrogen and oxygen atoms in total. The number of hydrogen-bond acceptors (Lipinski definition) is 4. The number of halogens is 1. The molecule has 80 valence electrons. The topological polar surface area (TPSA) is 36.9 Å². The number of rotatable bonds is 10. The van der Waals surface area contributed by atoms with Crippen molar-refractivity contribution in [2.45, 2.75) is 0 Å². The smallest absolute Gasteiger partial charge is 0.0794 e. The first kappa shape index (κ1) is 14.0. The van der Waals surface area contributed by atoms with E-state index in [0.717, 1.165) is 0 Å². The summed E-state index contributed by atoms with van der Waals surface area (Å²) in [6.45, 7) is 4.33. The zero-order valence-corrected chi connectivity index (χ0v) is 10.9. The molecule has 13 heavy (non-hydrogen) atoms. The first-order valence-corrected chi connectivity index (χ1v) is 8.06. The molecule has 0 saturated carbocycles. The highest BCUT2D eigenvalue weighted by molar-refractivity contribution is 14.2. The summed E-state index contributed by atoms with van der Waals surface area (Å²) in [6, 6.07) is 0. The summed E-state index contributed by atoms with van der Waals surface area (Å²) in [4.78, 5) is 0. The molecule has 0 bridgehead atoms. The van der Waals surface area contributed by atoms with Crippen molar-refractivity contribution in [2.24, 2.45) is 0 Å². The monoisotopic (exact) mass is 322 g/mol. The van der Waals surface area contributed by atoms with Crippen LogP contribution in [0.3, 0.4) is 0 Å². The third-order valence-corrected chi connectivity index (χ3v) is 2.44. The Balaban J connectivity index is 2.76. The van der Waals surface area contributed by atoms with E-state index in [4.69, 9.17) is 18.7 Å². The lowest BCUT2D eigenvalue weighted by molar-refractivity contribution is 0.0192. The van der Waals surface area contributed by atoms with Gasteiger partial charge in [0.1, 0.15) is 0 Å². The Morgan fingerprint density at radius 2 is 1.46 bits per heavy atom. The van der Waals surface area contributed by atoms with E-state index >= 15 is 0 Å². The van der Waals surface area contributed by atoms with E-state index in [2.05, 4.69) is 22.0 Å². The summed E-state index contributed by atoms with van der Waals surface area (Å²) in [5.74, 6) is 0. The molecule has 0 aromatic rings. The molecule has 0 saturated heterocycles. The van der Waals surface area contributed by atoms with E-state index in [0.29, 0.717) is 46.1 Å². The number of hydrogen-bond donors (Lipinski definition) is 0. The molecule has 0 rings (SSSR count). The predicted octanol–water partition coefficient (Wildman–Crippen LogP) is 1.63. The zero-order valence-electron chi connectivity index (χ0n) is 7.75. The van der Waals surface area contributed by atoms with Crippen LogP contribution in [0.25, 0.3) is 0 Å². The zero-order chi connectivity index (χ0) is 9.78. The van der Waals surface area contributed by atoms with Crippen molar-refractivity contribution >= 4 is 28.5 Å². The maximum absolute atomic E-state index is 5.23. The lowest BCUT2D eigenvalue weighted by atomic mass is 10.7. The lowest BCUT2D eigenvalue weighted by Gasteiger charge is -2.04. The van der Waals surface area contributed by atoms with Gasteiger partial charge < -0.3 is 18.7 Å². The molecule has 0 aliphatic rings. The fourth-order valence-corrected chi connectivity index (χ4v) is 1.42. The van der Waals surface area contributed by atoms with Crippen LogP contribution < -0.4 is 0 Å². The third kappa shape index (κ3) is 13.0. The summed E-state index contributed by atoms with van der Waals surface area (Å²) in [5, 5.41) is 0. The van der Waals surface area contributed by atoms with Crippen LogP contribution in [-0.2, 0) is 18.7 Å². The Morgan fingerprint density at radius 1 is 0.923 bits per heavy atom.